The van der Waals surface area contributed by atoms with Crippen LogP contribution in [0.5, 0.6) is 0 Å². The Hall–Kier alpha value is -3.00. The first-order valence-electron chi connectivity index (χ1n) is 6.87. The number of carbonyl (C=O) groups is 2. The normalized spacial score (nSPS) is 10.4. The summed E-state index contributed by atoms with van der Waals surface area (Å²) in [6.07, 6.45) is 0. The van der Waals surface area contributed by atoms with Crippen LogP contribution in [0.1, 0.15) is 20.7 Å². The Balaban J connectivity index is 1.66. The lowest BCUT2D eigenvalue weighted by molar-refractivity contribution is 0.0600. The fourth-order valence-corrected chi connectivity index (χ4v) is 2.85. The first-order valence-corrected chi connectivity index (χ1v) is 7.69. The van der Waals surface area contributed by atoms with Crippen LogP contribution in [0.3, 0.4) is 0 Å². The molecule has 3 aromatic rings. The molecule has 24 heavy (non-hydrogen) atoms. The third kappa shape index (κ3) is 3.33. The first-order chi connectivity index (χ1) is 11.6. The Labute approximate surface area is 140 Å². The molecule has 0 aliphatic rings. The van der Waals surface area contributed by atoms with Gasteiger partial charge in [0, 0.05) is 5.56 Å². The van der Waals surface area contributed by atoms with Crippen LogP contribution < -0.4 is 10.9 Å². The van der Waals surface area contributed by atoms with Crippen molar-refractivity contribution in [2.45, 2.75) is 0 Å². The van der Waals surface area contributed by atoms with E-state index in [9.17, 15) is 14.0 Å². The second-order valence-electron chi connectivity index (χ2n) is 4.78. The largest absolute Gasteiger partial charge is 0.465 e. The zero-order chi connectivity index (χ0) is 17.1. The maximum Gasteiger partial charge on any atom is 0.337 e. The molecule has 0 saturated carbocycles. The third-order valence-corrected chi connectivity index (χ3v) is 4.14. The Bertz CT molecular complexity index is 909. The van der Waals surface area contributed by atoms with E-state index in [2.05, 4.69) is 20.6 Å². The van der Waals surface area contributed by atoms with Gasteiger partial charge in [0.05, 0.1) is 22.9 Å². The van der Waals surface area contributed by atoms with E-state index >= 15 is 0 Å². The molecule has 0 unspecified atom stereocenters. The molecule has 0 saturated heterocycles. The number of ether oxygens (including phenoxy) is 1. The van der Waals surface area contributed by atoms with E-state index in [4.69, 9.17) is 0 Å². The topological polar surface area (TPSA) is 80.3 Å². The maximum absolute atomic E-state index is 13.2. The van der Waals surface area contributed by atoms with E-state index in [1.807, 2.05) is 0 Å². The van der Waals surface area contributed by atoms with Gasteiger partial charge in [-0.3, -0.25) is 15.6 Å². The average Bonchev–Trinajstić information content (AvgIpc) is 3.01. The minimum absolute atomic E-state index is 0.340. The number of anilines is 1. The van der Waals surface area contributed by atoms with Gasteiger partial charge in [-0.15, -0.1) is 0 Å². The second-order valence-corrected chi connectivity index (χ2v) is 5.81. The Morgan fingerprint density at radius 2 is 1.83 bits per heavy atom. The van der Waals surface area contributed by atoms with Gasteiger partial charge < -0.3 is 4.74 Å². The number of aromatic nitrogens is 1. The fraction of sp³-hybridized carbons (Fsp3) is 0.0625. The van der Waals surface area contributed by atoms with E-state index < -0.39 is 11.9 Å². The molecule has 3 rings (SSSR count). The number of halogens is 1. The molecule has 2 aromatic carbocycles. The molecule has 1 aromatic heterocycles. The van der Waals surface area contributed by atoms with Gasteiger partial charge in [-0.1, -0.05) is 11.3 Å². The SMILES string of the molecule is COC(=O)c1ccc(C(=O)NNc2nc3ccc(F)cc3s2)cc1. The summed E-state index contributed by atoms with van der Waals surface area (Å²) in [6.45, 7) is 0. The van der Waals surface area contributed by atoms with Gasteiger partial charge in [-0.05, 0) is 42.5 Å². The Morgan fingerprint density at radius 1 is 1.12 bits per heavy atom. The Morgan fingerprint density at radius 3 is 2.54 bits per heavy atom. The molecule has 0 bridgehead atoms. The summed E-state index contributed by atoms with van der Waals surface area (Å²) in [5.41, 5.74) is 6.56. The summed E-state index contributed by atoms with van der Waals surface area (Å²) in [6, 6.07) is 10.3. The van der Waals surface area contributed by atoms with Crippen LogP contribution in [0.4, 0.5) is 9.52 Å². The molecule has 1 heterocycles. The van der Waals surface area contributed by atoms with Crippen molar-refractivity contribution < 1.29 is 18.7 Å². The van der Waals surface area contributed by atoms with Crippen LogP contribution in [0.2, 0.25) is 0 Å². The number of hydrazine groups is 1. The molecule has 6 nitrogen and oxygen atoms in total. The molecule has 0 aliphatic carbocycles. The number of nitrogens with zero attached hydrogens (tertiary/aromatic N) is 1. The number of esters is 1. The van der Waals surface area contributed by atoms with Gasteiger partial charge >= 0.3 is 5.97 Å². The highest BCUT2D eigenvalue weighted by molar-refractivity contribution is 7.22. The minimum atomic E-state index is -0.471. The first kappa shape index (κ1) is 15.9. The Kier molecular flexibility index (Phi) is 4.39. The molecular formula is C16H12FN3O3S. The fourth-order valence-electron chi connectivity index (χ4n) is 2.01. The van der Waals surface area contributed by atoms with E-state index in [1.165, 1.54) is 54.8 Å². The van der Waals surface area contributed by atoms with Crippen molar-refractivity contribution in [2.75, 3.05) is 12.5 Å². The van der Waals surface area contributed by atoms with E-state index in [-0.39, 0.29) is 5.82 Å². The molecule has 0 fully saturated rings. The summed E-state index contributed by atoms with van der Waals surface area (Å²) in [5, 5.41) is 0.440. The van der Waals surface area contributed by atoms with E-state index in [0.29, 0.717) is 26.5 Å². The summed E-state index contributed by atoms with van der Waals surface area (Å²) in [4.78, 5) is 27.6. The lowest BCUT2D eigenvalue weighted by atomic mass is 10.1. The van der Waals surface area contributed by atoms with Crippen molar-refractivity contribution in [3.05, 3.63) is 59.4 Å². The molecule has 0 spiro atoms. The summed E-state index contributed by atoms with van der Waals surface area (Å²) < 4.78 is 18.4. The van der Waals surface area contributed by atoms with Crippen molar-refractivity contribution in [3.63, 3.8) is 0 Å². The van der Waals surface area contributed by atoms with Crippen molar-refractivity contribution in [2.24, 2.45) is 0 Å². The summed E-state index contributed by atoms with van der Waals surface area (Å²) in [7, 11) is 1.29. The third-order valence-electron chi connectivity index (χ3n) is 3.20. The van der Waals surface area contributed by atoms with Crippen LogP contribution in [-0.4, -0.2) is 24.0 Å². The molecule has 0 atom stereocenters. The predicted octanol–water partition coefficient (Wildman–Crippen LogP) is 2.98. The molecule has 1 amide bonds. The van der Waals surface area contributed by atoms with Crippen molar-refractivity contribution in [1.29, 1.82) is 0 Å². The van der Waals surface area contributed by atoms with Gasteiger partial charge in [0.25, 0.3) is 5.91 Å². The highest BCUT2D eigenvalue weighted by Gasteiger charge is 2.10. The molecule has 2 N–H and O–H groups in total. The van der Waals surface area contributed by atoms with Crippen LogP contribution >= 0.6 is 11.3 Å². The number of hydrogen-bond donors (Lipinski definition) is 2. The number of nitrogens with one attached hydrogen (secondary N) is 2. The number of fused-ring (bicyclic) bond motifs is 1. The van der Waals surface area contributed by atoms with Crippen LogP contribution in [0.25, 0.3) is 10.2 Å². The number of rotatable bonds is 4. The minimum Gasteiger partial charge on any atom is -0.465 e. The number of thiazole rings is 1. The van der Waals surface area contributed by atoms with Gasteiger partial charge in [-0.25, -0.2) is 14.2 Å². The van der Waals surface area contributed by atoms with E-state index in [1.54, 1.807) is 6.07 Å². The molecular weight excluding hydrogens is 333 g/mol. The van der Waals surface area contributed by atoms with Gasteiger partial charge in [0.1, 0.15) is 5.82 Å². The van der Waals surface area contributed by atoms with E-state index in [0.717, 1.165) is 0 Å². The standard InChI is InChI=1S/C16H12FN3O3S/c1-23-15(22)10-4-2-9(3-5-10)14(21)19-20-16-18-12-7-6-11(17)8-13(12)24-16/h2-8H,1H3,(H,18,20)(H,19,21). The van der Waals surface area contributed by atoms with Gasteiger partial charge in [0.2, 0.25) is 5.13 Å². The van der Waals surface area contributed by atoms with Crippen molar-refractivity contribution >= 4 is 38.6 Å². The van der Waals surface area contributed by atoms with Crippen LogP contribution in [0, 0.1) is 5.82 Å². The number of carbonyl (C=O) groups excluding carboxylic acids is 2. The average molecular weight is 345 g/mol. The predicted molar refractivity (Wildman–Crippen MR) is 88.4 cm³/mol. The van der Waals surface area contributed by atoms with Crippen LogP contribution in [0.15, 0.2) is 42.5 Å². The second kappa shape index (κ2) is 6.63. The summed E-state index contributed by atoms with van der Waals surface area (Å²) in [5.74, 6) is -1.20. The molecule has 8 heteroatoms. The van der Waals surface area contributed by atoms with Crippen molar-refractivity contribution in [3.8, 4) is 0 Å². The zero-order valence-electron chi connectivity index (χ0n) is 12.5. The number of hydrogen-bond acceptors (Lipinski definition) is 6. The monoisotopic (exact) mass is 345 g/mol. The summed E-state index contributed by atoms with van der Waals surface area (Å²) >= 11 is 1.22. The van der Waals surface area contributed by atoms with Gasteiger partial charge in [0.15, 0.2) is 0 Å². The molecule has 0 radical (unpaired) electrons. The highest BCUT2D eigenvalue weighted by atomic mass is 32.1. The lowest BCUT2D eigenvalue weighted by Crippen LogP contribution is -2.29. The zero-order valence-corrected chi connectivity index (χ0v) is 13.3. The molecule has 0 aliphatic heterocycles. The van der Waals surface area contributed by atoms with Crippen molar-refractivity contribution in [1.82, 2.24) is 10.4 Å². The van der Waals surface area contributed by atoms with Crippen LogP contribution in [-0.2, 0) is 4.74 Å². The highest BCUT2D eigenvalue weighted by Crippen LogP contribution is 2.25. The molecule has 122 valence electrons. The number of benzene rings is 2. The number of methoxy groups -OCH3 is 1. The number of amides is 1. The quantitative estimate of drug-likeness (QED) is 0.561. The lowest BCUT2D eigenvalue weighted by Gasteiger charge is -2.06. The van der Waals surface area contributed by atoms with Gasteiger partial charge in [-0.2, -0.15) is 0 Å². The maximum atomic E-state index is 13.2. The smallest absolute Gasteiger partial charge is 0.337 e.